The Bertz CT molecular complexity index is 689. The van der Waals surface area contributed by atoms with E-state index in [-0.39, 0.29) is 5.75 Å². The van der Waals surface area contributed by atoms with Gasteiger partial charge in [0.05, 0.1) is 12.9 Å². The zero-order valence-corrected chi connectivity index (χ0v) is 14.9. The number of nitrogens with one attached hydrogen (secondary N) is 1. The van der Waals surface area contributed by atoms with Crippen LogP contribution in [0.3, 0.4) is 0 Å². The van der Waals surface area contributed by atoms with Gasteiger partial charge in [-0.2, -0.15) is 0 Å². The number of amides is 1. The maximum absolute atomic E-state index is 12.4. The molecule has 128 valence electrons. The van der Waals surface area contributed by atoms with Crippen LogP contribution in [0.1, 0.15) is 36.7 Å². The second kappa shape index (κ2) is 7.12. The van der Waals surface area contributed by atoms with E-state index in [4.69, 9.17) is 4.74 Å². The summed E-state index contributed by atoms with van der Waals surface area (Å²) in [7, 11) is -1.93. The summed E-state index contributed by atoms with van der Waals surface area (Å²) in [6, 6.07) is 5.52. The van der Waals surface area contributed by atoms with E-state index in [1.165, 1.54) is 13.2 Å². The third-order valence-corrected chi connectivity index (χ3v) is 4.05. The molecule has 0 radical (unpaired) electrons. The first-order valence-corrected chi connectivity index (χ1v) is 9.15. The Morgan fingerprint density at radius 2 is 1.87 bits per heavy atom. The number of hydrogen-bond donors (Lipinski definition) is 1. The third-order valence-electron chi connectivity index (χ3n) is 3.20. The Morgan fingerprint density at radius 1 is 1.26 bits per heavy atom. The lowest BCUT2D eigenvalue weighted by Crippen LogP contribution is -2.49. The Hall–Kier alpha value is -1.89. The molecule has 0 fully saturated rings. The molecule has 7 heteroatoms. The van der Waals surface area contributed by atoms with Crippen LogP contribution in [0.4, 0.5) is 0 Å². The van der Waals surface area contributed by atoms with Crippen molar-refractivity contribution in [3.05, 3.63) is 35.4 Å². The number of methoxy groups -OCH3 is 1. The molecule has 6 nitrogen and oxygen atoms in total. The second-order valence-corrected chi connectivity index (χ2v) is 8.71. The van der Waals surface area contributed by atoms with E-state index in [2.05, 4.69) is 5.32 Å². The van der Waals surface area contributed by atoms with Crippen LogP contribution in [0.5, 0.6) is 0 Å². The number of esters is 1. The maximum Gasteiger partial charge on any atom is 0.328 e. The summed E-state index contributed by atoms with van der Waals surface area (Å²) in [5, 5.41) is 2.65. The predicted molar refractivity (Wildman–Crippen MR) is 87.7 cm³/mol. The van der Waals surface area contributed by atoms with Crippen molar-refractivity contribution in [2.24, 2.45) is 5.41 Å². The highest BCUT2D eigenvalue weighted by Crippen LogP contribution is 2.21. The van der Waals surface area contributed by atoms with E-state index in [9.17, 15) is 18.0 Å². The van der Waals surface area contributed by atoms with E-state index in [1.54, 1.807) is 18.2 Å². The molecule has 1 aromatic rings. The monoisotopic (exact) mass is 341 g/mol. The molecule has 23 heavy (non-hydrogen) atoms. The summed E-state index contributed by atoms with van der Waals surface area (Å²) in [5.74, 6) is -1.13. The number of benzene rings is 1. The maximum atomic E-state index is 12.4. The van der Waals surface area contributed by atoms with Crippen LogP contribution in [0.15, 0.2) is 24.3 Å². The summed E-state index contributed by atoms with van der Waals surface area (Å²) >= 11 is 0. The number of sulfone groups is 1. The number of carbonyl (C=O) groups is 2. The summed E-state index contributed by atoms with van der Waals surface area (Å²) in [6.07, 6.45) is 1.13. The van der Waals surface area contributed by atoms with Gasteiger partial charge >= 0.3 is 5.97 Å². The molecule has 1 amide bonds. The van der Waals surface area contributed by atoms with Crippen molar-refractivity contribution < 1.29 is 22.7 Å². The van der Waals surface area contributed by atoms with Gasteiger partial charge in [0.15, 0.2) is 9.84 Å². The molecule has 0 saturated carbocycles. The van der Waals surface area contributed by atoms with Gasteiger partial charge < -0.3 is 10.1 Å². The molecule has 1 atom stereocenters. The molecular weight excluding hydrogens is 318 g/mol. The van der Waals surface area contributed by atoms with Crippen molar-refractivity contribution >= 4 is 21.7 Å². The molecule has 0 bridgehead atoms. The van der Waals surface area contributed by atoms with Crippen molar-refractivity contribution in [1.29, 1.82) is 0 Å². The molecule has 0 saturated heterocycles. The minimum Gasteiger partial charge on any atom is -0.467 e. The fourth-order valence-electron chi connectivity index (χ4n) is 2.07. The van der Waals surface area contributed by atoms with E-state index in [0.29, 0.717) is 11.1 Å². The summed E-state index contributed by atoms with van der Waals surface area (Å²) in [4.78, 5) is 24.2. The highest BCUT2D eigenvalue weighted by Gasteiger charge is 2.33. The van der Waals surface area contributed by atoms with Crippen molar-refractivity contribution in [3.63, 3.8) is 0 Å². The first-order valence-electron chi connectivity index (χ1n) is 7.09. The average Bonchev–Trinajstić information content (AvgIpc) is 2.40. The van der Waals surface area contributed by atoms with Gasteiger partial charge in [-0.05, 0) is 23.1 Å². The molecule has 1 rings (SSSR count). The van der Waals surface area contributed by atoms with Crippen LogP contribution in [0.2, 0.25) is 0 Å². The van der Waals surface area contributed by atoms with E-state index in [0.717, 1.165) is 6.26 Å². The molecule has 1 unspecified atom stereocenters. The van der Waals surface area contributed by atoms with Gasteiger partial charge in [0.2, 0.25) is 0 Å². The highest BCUT2D eigenvalue weighted by molar-refractivity contribution is 7.89. The largest absolute Gasteiger partial charge is 0.467 e. The van der Waals surface area contributed by atoms with Crippen LogP contribution in [-0.2, 0) is 25.1 Å². The Morgan fingerprint density at radius 3 is 2.35 bits per heavy atom. The summed E-state index contributed by atoms with van der Waals surface area (Å²) in [6.45, 7) is 5.44. The van der Waals surface area contributed by atoms with Crippen molar-refractivity contribution in [2.75, 3.05) is 13.4 Å². The lowest BCUT2D eigenvalue weighted by atomic mass is 9.86. The van der Waals surface area contributed by atoms with Crippen LogP contribution in [0.25, 0.3) is 0 Å². The summed E-state index contributed by atoms with van der Waals surface area (Å²) < 4.78 is 27.4. The quantitative estimate of drug-likeness (QED) is 0.821. The van der Waals surface area contributed by atoms with Crippen LogP contribution in [-0.4, -0.2) is 39.7 Å². The highest BCUT2D eigenvalue weighted by atomic mass is 32.2. The van der Waals surface area contributed by atoms with Crippen LogP contribution in [0, 0.1) is 5.41 Å². The molecule has 0 aliphatic heterocycles. The predicted octanol–water partition coefficient (Wildman–Crippen LogP) is 1.55. The number of rotatable bonds is 5. The van der Waals surface area contributed by atoms with E-state index in [1.807, 2.05) is 20.8 Å². The zero-order valence-electron chi connectivity index (χ0n) is 14.0. The molecule has 0 spiro atoms. The molecule has 0 heterocycles. The number of carbonyl (C=O) groups excluding carboxylic acids is 2. The topological polar surface area (TPSA) is 89.5 Å². The fraction of sp³-hybridized carbons (Fsp3) is 0.500. The van der Waals surface area contributed by atoms with Crippen molar-refractivity contribution in [2.45, 2.75) is 32.6 Å². The average molecular weight is 341 g/mol. The molecule has 1 aromatic carbocycles. The third kappa shape index (κ3) is 6.02. The van der Waals surface area contributed by atoms with Gasteiger partial charge in [-0.1, -0.05) is 32.9 Å². The van der Waals surface area contributed by atoms with Gasteiger partial charge in [0.1, 0.15) is 6.04 Å². The van der Waals surface area contributed by atoms with Gasteiger partial charge in [0, 0.05) is 11.8 Å². The SMILES string of the molecule is COC(=O)C(NC(=O)c1cccc(CS(C)(=O)=O)c1)C(C)(C)C. The fourth-order valence-corrected chi connectivity index (χ4v) is 2.85. The second-order valence-electron chi connectivity index (χ2n) is 6.57. The zero-order chi connectivity index (χ0) is 17.8. The molecule has 1 N–H and O–H groups in total. The molecule has 0 aromatic heterocycles. The van der Waals surface area contributed by atoms with Gasteiger partial charge in [-0.15, -0.1) is 0 Å². The Kier molecular flexibility index (Phi) is 5.93. The first-order chi connectivity index (χ1) is 10.4. The van der Waals surface area contributed by atoms with E-state index >= 15 is 0 Å². The van der Waals surface area contributed by atoms with Gasteiger partial charge in [-0.3, -0.25) is 4.79 Å². The minimum absolute atomic E-state index is 0.145. The standard InChI is InChI=1S/C16H23NO5S/c1-16(2,3)13(15(19)22-4)17-14(18)12-8-6-7-11(9-12)10-23(5,20)21/h6-9,13H,10H2,1-5H3,(H,17,18). The van der Waals surface area contributed by atoms with Crippen LogP contribution < -0.4 is 5.32 Å². The first kappa shape index (κ1) is 19.2. The minimum atomic E-state index is -3.19. The summed E-state index contributed by atoms with van der Waals surface area (Å²) in [5.41, 5.74) is 0.294. The molecule has 0 aliphatic rings. The van der Waals surface area contributed by atoms with E-state index < -0.39 is 33.2 Å². The lowest BCUT2D eigenvalue weighted by Gasteiger charge is -2.29. The smallest absolute Gasteiger partial charge is 0.328 e. The van der Waals surface area contributed by atoms with Gasteiger partial charge in [0.25, 0.3) is 5.91 Å². The molecular formula is C16H23NO5S. The van der Waals surface area contributed by atoms with Crippen molar-refractivity contribution in [1.82, 2.24) is 5.32 Å². The number of ether oxygens (including phenoxy) is 1. The normalized spacial score (nSPS) is 13.3. The van der Waals surface area contributed by atoms with Gasteiger partial charge in [-0.25, -0.2) is 13.2 Å². The Balaban J connectivity index is 3.01. The Labute approximate surface area is 137 Å². The van der Waals surface area contributed by atoms with Crippen molar-refractivity contribution in [3.8, 4) is 0 Å². The lowest BCUT2D eigenvalue weighted by molar-refractivity contribution is -0.145. The molecule has 0 aliphatic carbocycles. The number of hydrogen-bond acceptors (Lipinski definition) is 5. The van der Waals surface area contributed by atoms with Crippen LogP contribution >= 0.6 is 0 Å².